The number of carboxylic acid groups (broad SMARTS) is 1. The molecule has 1 amide bonds. The highest BCUT2D eigenvalue weighted by Gasteiger charge is 2.51. The number of methoxy groups -OCH3 is 1. The number of ether oxygens (including phenoxy) is 1. The van der Waals surface area contributed by atoms with Crippen molar-refractivity contribution in [2.75, 3.05) is 12.4 Å². The van der Waals surface area contributed by atoms with Crippen LogP contribution in [0.25, 0.3) is 0 Å². The minimum atomic E-state index is -1.14. The molecular weight excluding hydrogens is 273 g/mol. The lowest BCUT2D eigenvalue weighted by atomic mass is 9.79. The topological polar surface area (TPSA) is 77.0 Å². The maximum absolute atomic E-state index is 10.7. The fraction of sp³-hybridized carbons (Fsp3) is 0.500. The molecule has 2 N–H and O–H groups in total. The molecule has 1 saturated heterocycles. The minimum absolute atomic E-state index is 0.380. The van der Waals surface area contributed by atoms with Crippen LogP contribution in [0.1, 0.15) is 27.7 Å². The van der Waals surface area contributed by atoms with E-state index in [0.29, 0.717) is 11.4 Å². The van der Waals surface area contributed by atoms with Crippen molar-refractivity contribution in [3.05, 3.63) is 18.2 Å². The number of benzene rings is 1. The van der Waals surface area contributed by atoms with Crippen LogP contribution in [0.5, 0.6) is 5.75 Å². The number of rotatable bonds is 3. The summed E-state index contributed by atoms with van der Waals surface area (Å²) in [5, 5.41) is 11.1. The SMILES string of the molecule is COc1cc(B2OC(C)(C)C(C)(C)O2)ccc1NC(=O)O. The molecular formula is C14H20BNO5. The van der Waals surface area contributed by atoms with Crippen LogP contribution >= 0.6 is 0 Å². The summed E-state index contributed by atoms with van der Waals surface area (Å²) in [6, 6.07) is 5.11. The first kappa shape index (κ1) is 15.7. The smallest absolute Gasteiger partial charge is 0.494 e. The Hall–Kier alpha value is -1.73. The highest BCUT2D eigenvalue weighted by atomic mass is 16.7. The summed E-state index contributed by atoms with van der Waals surface area (Å²) in [6.07, 6.45) is -1.14. The maximum atomic E-state index is 10.7. The molecule has 0 atom stereocenters. The van der Waals surface area contributed by atoms with Gasteiger partial charge < -0.3 is 19.2 Å². The molecule has 1 fully saturated rings. The number of nitrogens with one attached hydrogen (secondary N) is 1. The largest absolute Gasteiger partial charge is 0.495 e. The van der Waals surface area contributed by atoms with Crippen molar-refractivity contribution >= 4 is 24.4 Å². The van der Waals surface area contributed by atoms with Gasteiger partial charge in [0.25, 0.3) is 0 Å². The Morgan fingerprint density at radius 3 is 2.29 bits per heavy atom. The summed E-state index contributed by atoms with van der Waals surface area (Å²) in [5.41, 5.74) is 0.304. The molecule has 0 radical (unpaired) electrons. The van der Waals surface area contributed by atoms with Gasteiger partial charge in [-0.15, -0.1) is 0 Å². The molecule has 0 saturated carbocycles. The Balaban J connectivity index is 2.28. The van der Waals surface area contributed by atoms with Gasteiger partial charge in [-0.1, -0.05) is 6.07 Å². The summed E-state index contributed by atoms with van der Waals surface area (Å²) in [4.78, 5) is 10.7. The first-order valence-electron chi connectivity index (χ1n) is 6.70. The van der Waals surface area contributed by atoms with E-state index in [1.807, 2.05) is 27.7 Å². The molecule has 1 heterocycles. The molecule has 2 rings (SSSR count). The number of amides is 1. The Bertz CT molecular complexity index is 542. The lowest BCUT2D eigenvalue weighted by Gasteiger charge is -2.32. The van der Waals surface area contributed by atoms with E-state index < -0.39 is 24.4 Å². The van der Waals surface area contributed by atoms with E-state index in [4.69, 9.17) is 19.2 Å². The van der Waals surface area contributed by atoms with Crippen molar-refractivity contribution in [2.45, 2.75) is 38.9 Å². The summed E-state index contributed by atoms with van der Waals surface area (Å²) < 4.78 is 17.1. The zero-order chi connectivity index (χ0) is 15.8. The van der Waals surface area contributed by atoms with E-state index in [2.05, 4.69) is 5.32 Å². The molecule has 0 spiro atoms. The summed E-state index contributed by atoms with van der Waals surface area (Å²) >= 11 is 0. The van der Waals surface area contributed by atoms with Crippen LogP contribution in [-0.2, 0) is 9.31 Å². The predicted molar refractivity (Wildman–Crippen MR) is 80.4 cm³/mol. The second-order valence-corrected chi connectivity index (χ2v) is 5.98. The zero-order valence-electron chi connectivity index (χ0n) is 12.9. The molecule has 0 aliphatic carbocycles. The van der Waals surface area contributed by atoms with Gasteiger partial charge in [0.1, 0.15) is 5.75 Å². The van der Waals surface area contributed by atoms with Gasteiger partial charge in [-0.05, 0) is 45.3 Å². The third-order valence-electron chi connectivity index (χ3n) is 3.99. The van der Waals surface area contributed by atoms with Crippen LogP contribution in [0.3, 0.4) is 0 Å². The van der Waals surface area contributed by atoms with Crippen molar-refractivity contribution in [3.63, 3.8) is 0 Å². The van der Waals surface area contributed by atoms with E-state index in [0.717, 1.165) is 5.46 Å². The monoisotopic (exact) mass is 293 g/mol. The van der Waals surface area contributed by atoms with Gasteiger partial charge in [-0.3, -0.25) is 5.32 Å². The van der Waals surface area contributed by atoms with Crippen LogP contribution in [-0.4, -0.2) is 36.6 Å². The zero-order valence-corrected chi connectivity index (χ0v) is 12.9. The fourth-order valence-corrected chi connectivity index (χ4v) is 2.05. The lowest BCUT2D eigenvalue weighted by Crippen LogP contribution is -2.41. The molecule has 114 valence electrons. The molecule has 1 aliphatic rings. The van der Waals surface area contributed by atoms with Crippen molar-refractivity contribution in [2.24, 2.45) is 0 Å². The molecule has 6 nitrogen and oxygen atoms in total. The highest BCUT2D eigenvalue weighted by Crippen LogP contribution is 2.37. The third-order valence-corrected chi connectivity index (χ3v) is 3.99. The van der Waals surface area contributed by atoms with Crippen LogP contribution in [0.4, 0.5) is 10.5 Å². The van der Waals surface area contributed by atoms with Gasteiger partial charge in [0.2, 0.25) is 0 Å². The molecule has 21 heavy (non-hydrogen) atoms. The molecule has 0 unspecified atom stereocenters. The normalized spacial score (nSPS) is 19.4. The molecule has 1 aromatic rings. The second-order valence-electron chi connectivity index (χ2n) is 5.98. The standard InChI is InChI=1S/C14H20BNO5/c1-13(2)14(3,4)21-15(20-13)9-6-7-10(16-12(17)18)11(8-9)19-5/h6-8,16H,1-5H3,(H,17,18). The van der Waals surface area contributed by atoms with Gasteiger partial charge >= 0.3 is 13.2 Å². The van der Waals surface area contributed by atoms with Crippen molar-refractivity contribution in [1.29, 1.82) is 0 Å². The molecule has 1 aromatic carbocycles. The fourth-order valence-electron chi connectivity index (χ4n) is 2.05. The average Bonchev–Trinajstić information content (AvgIpc) is 2.58. The van der Waals surface area contributed by atoms with E-state index in [1.165, 1.54) is 7.11 Å². The van der Waals surface area contributed by atoms with E-state index in [-0.39, 0.29) is 0 Å². The van der Waals surface area contributed by atoms with Crippen molar-refractivity contribution in [3.8, 4) is 5.75 Å². The molecule has 7 heteroatoms. The number of hydrogen-bond donors (Lipinski definition) is 2. The molecule has 0 bridgehead atoms. The Kier molecular flexibility index (Phi) is 3.90. The first-order chi connectivity index (χ1) is 9.66. The van der Waals surface area contributed by atoms with Gasteiger partial charge in [0.05, 0.1) is 24.0 Å². The number of carbonyl (C=O) groups is 1. The lowest BCUT2D eigenvalue weighted by molar-refractivity contribution is 0.00578. The number of anilines is 1. The third kappa shape index (κ3) is 2.98. The summed E-state index contributed by atoms with van der Waals surface area (Å²) in [7, 11) is 0.971. The predicted octanol–water partition coefficient (Wildman–Crippen LogP) is 2.08. The van der Waals surface area contributed by atoms with E-state index in [1.54, 1.807) is 18.2 Å². The first-order valence-corrected chi connectivity index (χ1v) is 6.70. The Morgan fingerprint density at radius 2 is 1.81 bits per heavy atom. The molecule has 1 aliphatic heterocycles. The maximum Gasteiger partial charge on any atom is 0.494 e. The van der Waals surface area contributed by atoms with E-state index >= 15 is 0 Å². The quantitative estimate of drug-likeness (QED) is 0.834. The van der Waals surface area contributed by atoms with Gasteiger partial charge in [-0.25, -0.2) is 4.79 Å². The minimum Gasteiger partial charge on any atom is -0.495 e. The summed E-state index contributed by atoms with van der Waals surface area (Å²) in [6.45, 7) is 7.91. The second kappa shape index (κ2) is 5.24. The van der Waals surface area contributed by atoms with Gasteiger partial charge in [0, 0.05) is 0 Å². The Morgan fingerprint density at radius 1 is 1.24 bits per heavy atom. The van der Waals surface area contributed by atoms with Crippen LogP contribution < -0.4 is 15.5 Å². The van der Waals surface area contributed by atoms with Crippen molar-refractivity contribution < 1.29 is 23.9 Å². The summed E-state index contributed by atoms with van der Waals surface area (Å²) in [5.74, 6) is 0.421. The average molecular weight is 293 g/mol. The highest BCUT2D eigenvalue weighted by molar-refractivity contribution is 6.62. The van der Waals surface area contributed by atoms with Gasteiger partial charge in [0.15, 0.2) is 0 Å². The molecule has 0 aromatic heterocycles. The van der Waals surface area contributed by atoms with Crippen LogP contribution in [0.15, 0.2) is 18.2 Å². The van der Waals surface area contributed by atoms with E-state index in [9.17, 15) is 4.79 Å². The van der Waals surface area contributed by atoms with Crippen molar-refractivity contribution in [1.82, 2.24) is 0 Å². The Labute approximate surface area is 124 Å². The van der Waals surface area contributed by atoms with Crippen LogP contribution in [0, 0.1) is 0 Å². The van der Waals surface area contributed by atoms with Crippen LogP contribution in [0.2, 0.25) is 0 Å². The van der Waals surface area contributed by atoms with Gasteiger partial charge in [-0.2, -0.15) is 0 Å². The number of hydrogen-bond acceptors (Lipinski definition) is 4.